The van der Waals surface area contributed by atoms with Gasteiger partial charge in [0, 0.05) is 11.9 Å². The molecular weight excluding hydrogens is 252 g/mol. The van der Waals surface area contributed by atoms with Gasteiger partial charge >= 0.3 is 0 Å². The van der Waals surface area contributed by atoms with Crippen LogP contribution in [0, 0.1) is 0 Å². The molecule has 1 aromatic carbocycles. The lowest BCUT2D eigenvalue weighted by atomic mass is 10.1. The average Bonchev–Trinajstić information content (AvgIpc) is 2.28. The smallest absolute Gasteiger partial charge is 0.244 e. The number of hydrogen-bond donors (Lipinski definition) is 2. The molecule has 0 bridgehead atoms. The van der Waals surface area contributed by atoms with E-state index in [4.69, 9.17) is 0 Å². The average molecular weight is 270 g/mol. The van der Waals surface area contributed by atoms with Gasteiger partial charge in [-0.3, -0.25) is 4.79 Å². The van der Waals surface area contributed by atoms with Crippen molar-refractivity contribution in [3.05, 3.63) is 24.3 Å². The molecule has 0 aliphatic heterocycles. The summed E-state index contributed by atoms with van der Waals surface area (Å²) in [6.45, 7) is 3.51. The standard InChI is InChI=1S/C12H18N2O3S/c1-12(2,13-3)11(15)14-9-5-7-10(8-6-9)18(4,16)17/h5-8,13H,1-4H3,(H,14,15). The van der Waals surface area contributed by atoms with Gasteiger partial charge in [-0.15, -0.1) is 0 Å². The molecule has 100 valence electrons. The maximum absolute atomic E-state index is 11.9. The maximum Gasteiger partial charge on any atom is 0.244 e. The molecule has 0 aliphatic carbocycles. The number of nitrogens with one attached hydrogen (secondary N) is 2. The Kier molecular flexibility index (Phi) is 4.13. The molecule has 18 heavy (non-hydrogen) atoms. The Morgan fingerprint density at radius 3 is 2.06 bits per heavy atom. The second-order valence-electron chi connectivity index (χ2n) is 4.63. The number of anilines is 1. The van der Waals surface area contributed by atoms with Crippen molar-refractivity contribution >= 4 is 21.4 Å². The lowest BCUT2D eigenvalue weighted by Gasteiger charge is -2.22. The fourth-order valence-electron chi connectivity index (χ4n) is 1.19. The Balaban J connectivity index is 2.86. The van der Waals surface area contributed by atoms with E-state index in [1.807, 2.05) is 0 Å². The van der Waals surface area contributed by atoms with Crippen molar-refractivity contribution in [3.63, 3.8) is 0 Å². The van der Waals surface area contributed by atoms with Gasteiger partial charge < -0.3 is 10.6 Å². The third kappa shape index (κ3) is 3.54. The van der Waals surface area contributed by atoms with Gasteiger partial charge in [-0.25, -0.2) is 8.42 Å². The van der Waals surface area contributed by atoms with Gasteiger partial charge in [0.05, 0.1) is 10.4 Å². The summed E-state index contributed by atoms with van der Waals surface area (Å²) >= 11 is 0. The van der Waals surface area contributed by atoms with Crippen molar-refractivity contribution in [2.24, 2.45) is 0 Å². The van der Waals surface area contributed by atoms with E-state index in [1.165, 1.54) is 12.1 Å². The number of carbonyl (C=O) groups is 1. The molecule has 0 unspecified atom stereocenters. The molecule has 0 spiro atoms. The van der Waals surface area contributed by atoms with Crippen LogP contribution in [0.5, 0.6) is 0 Å². The van der Waals surface area contributed by atoms with Gasteiger partial charge in [0.1, 0.15) is 0 Å². The van der Waals surface area contributed by atoms with Gasteiger partial charge in [-0.05, 0) is 45.2 Å². The van der Waals surface area contributed by atoms with Crippen LogP contribution in [0.25, 0.3) is 0 Å². The monoisotopic (exact) mass is 270 g/mol. The number of likely N-dealkylation sites (N-methyl/N-ethyl adjacent to an activating group) is 1. The Morgan fingerprint density at radius 2 is 1.67 bits per heavy atom. The van der Waals surface area contributed by atoms with Crippen molar-refractivity contribution in [3.8, 4) is 0 Å². The number of amides is 1. The van der Waals surface area contributed by atoms with Crippen molar-refractivity contribution < 1.29 is 13.2 Å². The zero-order valence-corrected chi connectivity index (χ0v) is 11.8. The SMILES string of the molecule is CNC(C)(C)C(=O)Nc1ccc(S(C)(=O)=O)cc1. The summed E-state index contributed by atoms with van der Waals surface area (Å²) in [6, 6.07) is 6.08. The van der Waals surface area contributed by atoms with E-state index in [9.17, 15) is 13.2 Å². The predicted molar refractivity (Wildman–Crippen MR) is 71.3 cm³/mol. The number of sulfone groups is 1. The summed E-state index contributed by atoms with van der Waals surface area (Å²) in [5.41, 5.74) is -0.120. The van der Waals surface area contributed by atoms with E-state index in [0.29, 0.717) is 5.69 Å². The molecule has 0 fully saturated rings. The van der Waals surface area contributed by atoms with Crippen LogP contribution in [-0.4, -0.2) is 33.2 Å². The van der Waals surface area contributed by atoms with Gasteiger partial charge in [-0.2, -0.15) is 0 Å². The Morgan fingerprint density at radius 1 is 1.17 bits per heavy atom. The molecule has 0 saturated heterocycles. The quantitative estimate of drug-likeness (QED) is 0.856. The lowest BCUT2D eigenvalue weighted by Crippen LogP contribution is -2.47. The highest BCUT2D eigenvalue weighted by Crippen LogP contribution is 2.15. The van der Waals surface area contributed by atoms with Crippen LogP contribution in [0.4, 0.5) is 5.69 Å². The minimum absolute atomic E-state index is 0.183. The maximum atomic E-state index is 11.9. The zero-order chi connectivity index (χ0) is 14.0. The number of hydrogen-bond acceptors (Lipinski definition) is 4. The molecule has 0 atom stereocenters. The first-order chi connectivity index (χ1) is 8.16. The first-order valence-corrected chi connectivity index (χ1v) is 7.36. The van der Waals surface area contributed by atoms with Crippen molar-refractivity contribution in [2.75, 3.05) is 18.6 Å². The lowest BCUT2D eigenvalue weighted by molar-refractivity contribution is -0.121. The molecule has 1 aromatic rings. The summed E-state index contributed by atoms with van der Waals surface area (Å²) in [7, 11) is -1.51. The van der Waals surface area contributed by atoms with E-state index in [2.05, 4.69) is 10.6 Å². The summed E-state index contributed by atoms with van der Waals surface area (Å²) in [6.07, 6.45) is 1.14. The Bertz CT molecular complexity index is 533. The predicted octanol–water partition coefficient (Wildman–Crippen LogP) is 1.03. The van der Waals surface area contributed by atoms with E-state index in [0.717, 1.165) is 6.26 Å². The molecule has 0 aliphatic rings. The Labute approximate surface area is 108 Å². The minimum atomic E-state index is -3.21. The normalized spacial score (nSPS) is 12.2. The van der Waals surface area contributed by atoms with E-state index < -0.39 is 15.4 Å². The van der Waals surface area contributed by atoms with E-state index in [1.54, 1.807) is 33.0 Å². The van der Waals surface area contributed by atoms with E-state index in [-0.39, 0.29) is 10.8 Å². The fourth-order valence-corrected chi connectivity index (χ4v) is 1.82. The second kappa shape index (κ2) is 5.07. The topological polar surface area (TPSA) is 75.3 Å². The highest BCUT2D eigenvalue weighted by atomic mass is 32.2. The van der Waals surface area contributed by atoms with Gasteiger partial charge in [0.15, 0.2) is 9.84 Å². The molecular formula is C12H18N2O3S. The molecule has 6 heteroatoms. The summed E-state index contributed by atoms with van der Waals surface area (Å²) < 4.78 is 22.5. The molecule has 0 aromatic heterocycles. The fraction of sp³-hybridized carbons (Fsp3) is 0.417. The van der Waals surface area contributed by atoms with Crippen LogP contribution in [0.3, 0.4) is 0 Å². The Hall–Kier alpha value is -1.40. The van der Waals surface area contributed by atoms with Gasteiger partial charge in [-0.1, -0.05) is 0 Å². The molecule has 1 amide bonds. The number of benzene rings is 1. The number of rotatable bonds is 4. The molecule has 0 radical (unpaired) electrons. The van der Waals surface area contributed by atoms with Crippen LogP contribution in [0.2, 0.25) is 0 Å². The third-order valence-electron chi connectivity index (χ3n) is 2.73. The van der Waals surface area contributed by atoms with Gasteiger partial charge in [0.25, 0.3) is 0 Å². The van der Waals surface area contributed by atoms with Crippen LogP contribution in [0.1, 0.15) is 13.8 Å². The summed E-state index contributed by atoms with van der Waals surface area (Å²) in [5.74, 6) is -0.183. The summed E-state index contributed by atoms with van der Waals surface area (Å²) in [5, 5.41) is 5.60. The van der Waals surface area contributed by atoms with Crippen LogP contribution >= 0.6 is 0 Å². The van der Waals surface area contributed by atoms with Crippen molar-refractivity contribution in [1.82, 2.24) is 5.32 Å². The number of carbonyl (C=O) groups excluding carboxylic acids is 1. The molecule has 1 rings (SSSR count). The second-order valence-corrected chi connectivity index (χ2v) is 6.64. The molecule has 0 saturated carbocycles. The van der Waals surface area contributed by atoms with E-state index >= 15 is 0 Å². The zero-order valence-electron chi connectivity index (χ0n) is 10.9. The highest BCUT2D eigenvalue weighted by molar-refractivity contribution is 7.90. The summed E-state index contributed by atoms with van der Waals surface area (Å²) in [4.78, 5) is 12.1. The minimum Gasteiger partial charge on any atom is -0.325 e. The molecule has 2 N–H and O–H groups in total. The van der Waals surface area contributed by atoms with Gasteiger partial charge in [0.2, 0.25) is 5.91 Å². The van der Waals surface area contributed by atoms with Crippen LogP contribution in [-0.2, 0) is 14.6 Å². The largest absolute Gasteiger partial charge is 0.325 e. The first-order valence-electron chi connectivity index (χ1n) is 5.47. The van der Waals surface area contributed by atoms with Crippen LogP contribution < -0.4 is 10.6 Å². The third-order valence-corrected chi connectivity index (χ3v) is 3.86. The molecule has 5 nitrogen and oxygen atoms in total. The van der Waals surface area contributed by atoms with Crippen LogP contribution in [0.15, 0.2) is 29.2 Å². The highest BCUT2D eigenvalue weighted by Gasteiger charge is 2.25. The molecule has 0 heterocycles. The first kappa shape index (κ1) is 14.7. The van der Waals surface area contributed by atoms with Crippen molar-refractivity contribution in [2.45, 2.75) is 24.3 Å². The van der Waals surface area contributed by atoms with Crippen molar-refractivity contribution in [1.29, 1.82) is 0 Å².